The van der Waals surface area contributed by atoms with Crippen molar-refractivity contribution in [2.45, 2.75) is 70.6 Å². The van der Waals surface area contributed by atoms with Crippen molar-refractivity contribution < 1.29 is 19.2 Å². The van der Waals surface area contributed by atoms with Gasteiger partial charge in [-0.2, -0.15) is 0 Å². The lowest BCUT2D eigenvalue weighted by atomic mass is 9.72. The van der Waals surface area contributed by atoms with Gasteiger partial charge in [-0.1, -0.05) is 54.8 Å². The zero-order valence-electron chi connectivity index (χ0n) is 17.9. The van der Waals surface area contributed by atoms with Gasteiger partial charge in [0.2, 0.25) is 0 Å². The minimum Gasteiger partial charge on any atom is -0.444 e. The molecule has 1 unspecified atom stereocenters. The molecule has 1 aliphatic carbocycles. The van der Waals surface area contributed by atoms with Gasteiger partial charge in [0.15, 0.2) is 11.4 Å². The molecule has 1 heterocycles. The second-order valence-electron chi connectivity index (χ2n) is 8.99. The van der Waals surface area contributed by atoms with Crippen LogP contribution in [0.5, 0.6) is 0 Å². The van der Waals surface area contributed by atoms with Crippen molar-refractivity contribution in [3.8, 4) is 0 Å². The van der Waals surface area contributed by atoms with Crippen molar-refractivity contribution >= 4 is 6.09 Å². The van der Waals surface area contributed by atoms with Crippen LogP contribution in [0.3, 0.4) is 0 Å². The molecule has 29 heavy (non-hydrogen) atoms. The largest absolute Gasteiger partial charge is 0.444 e. The van der Waals surface area contributed by atoms with Gasteiger partial charge in [-0.25, -0.2) is 4.79 Å². The van der Waals surface area contributed by atoms with Crippen molar-refractivity contribution in [1.82, 2.24) is 10.1 Å². The third-order valence-corrected chi connectivity index (χ3v) is 5.45. The number of rotatable bonds is 5. The van der Waals surface area contributed by atoms with Crippen molar-refractivity contribution in [3.05, 3.63) is 53.4 Å². The summed E-state index contributed by atoms with van der Waals surface area (Å²) in [4.78, 5) is 13.7. The summed E-state index contributed by atoms with van der Waals surface area (Å²) in [5.74, 6) is 0.506. The van der Waals surface area contributed by atoms with E-state index in [1.807, 2.05) is 51.1 Å². The van der Waals surface area contributed by atoms with E-state index in [4.69, 9.17) is 9.26 Å². The fourth-order valence-electron chi connectivity index (χ4n) is 4.01. The molecule has 0 bridgehead atoms. The molecule has 0 aliphatic heterocycles. The van der Waals surface area contributed by atoms with Gasteiger partial charge in [-0.3, -0.25) is 0 Å². The predicted molar refractivity (Wildman–Crippen MR) is 110 cm³/mol. The molecule has 1 atom stereocenters. The van der Waals surface area contributed by atoms with Crippen LogP contribution in [-0.4, -0.2) is 33.9 Å². The van der Waals surface area contributed by atoms with Gasteiger partial charge in [-0.05, 0) is 45.1 Å². The van der Waals surface area contributed by atoms with Crippen molar-refractivity contribution in [2.24, 2.45) is 5.92 Å². The minimum absolute atomic E-state index is 0.0723. The van der Waals surface area contributed by atoms with Crippen LogP contribution in [0.4, 0.5) is 4.79 Å². The first-order chi connectivity index (χ1) is 13.7. The van der Waals surface area contributed by atoms with Gasteiger partial charge >= 0.3 is 6.09 Å². The van der Waals surface area contributed by atoms with Crippen LogP contribution in [0.1, 0.15) is 69.9 Å². The van der Waals surface area contributed by atoms with Crippen LogP contribution in [-0.2, 0) is 16.9 Å². The van der Waals surface area contributed by atoms with Crippen molar-refractivity contribution in [1.29, 1.82) is 0 Å². The molecule has 3 rings (SSSR count). The number of ether oxygens (including phenoxy) is 1. The summed E-state index contributed by atoms with van der Waals surface area (Å²) in [5, 5.41) is 16.0. The highest BCUT2D eigenvalue weighted by Crippen LogP contribution is 2.44. The topological polar surface area (TPSA) is 75.8 Å². The molecule has 1 saturated carbocycles. The lowest BCUT2D eigenvalue weighted by Crippen LogP contribution is -2.37. The van der Waals surface area contributed by atoms with Crippen molar-refractivity contribution in [2.75, 3.05) is 7.05 Å². The molecular weight excluding hydrogens is 368 g/mol. The van der Waals surface area contributed by atoms with Gasteiger partial charge in [0.05, 0.1) is 6.54 Å². The molecule has 158 valence electrons. The Morgan fingerprint density at radius 3 is 2.48 bits per heavy atom. The Balaban J connectivity index is 1.83. The average molecular weight is 401 g/mol. The van der Waals surface area contributed by atoms with Crippen LogP contribution >= 0.6 is 0 Å². The maximum atomic E-state index is 12.2. The summed E-state index contributed by atoms with van der Waals surface area (Å²) in [7, 11) is 1.66. The molecule has 1 aromatic heterocycles. The first kappa shape index (κ1) is 21.4. The van der Waals surface area contributed by atoms with Crippen LogP contribution in [0.2, 0.25) is 0 Å². The van der Waals surface area contributed by atoms with Crippen LogP contribution < -0.4 is 0 Å². The van der Waals surface area contributed by atoms with Gasteiger partial charge in [0.1, 0.15) is 11.3 Å². The summed E-state index contributed by atoms with van der Waals surface area (Å²) in [6.07, 6.45) is 4.86. The Morgan fingerprint density at radius 2 is 1.86 bits per heavy atom. The number of carbonyl (C=O) groups excluding carboxylic acids is 1. The van der Waals surface area contributed by atoms with Crippen molar-refractivity contribution in [3.63, 3.8) is 0 Å². The van der Waals surface area contributed by atoms with E-state index in [0.29, 0.717) is 11.5 Å². The summed E-state index contributed by atoms with van der Waals surface area (Å²) >= 11 is 0. The first-order valence-corrected chi connectivity index (χ1v) is 10.4. The molecule has 0 saturated heterocycles. The molecule has 2 aromatic rings. The van der Waals surface area contributed by atoms with E-state index < -0.39 is 17.3 Å². The Hall–Kier alpha value is -2.34. The molecule has 1 N–H and O–H groups in total. The highest BCUT2D eigenvalue weighted by atomic mass is 16.6. The molecule has 1 fully saturated rings. The number of hydrogen-bond donors (Lipinski definition) is 1. The predicted octanol–water partition coefficient (Wildman–Crippen LogP) is 4.86. The van der Waals surface area contributed by atoms with Crippen LogP contribution in [0, 0.1) is 5.92 Å². The molecule has 1 amide bonds. The van der Waals surface area contributed by atoms with E-state index in [0.717, 1.165) is 31.2 Å². The number of carbonyl (C=O) groups is 1. The van der Waals surface area contributed by atoms with Gasteiger partial charge < -0.3 is 19.3 Å². The lowest BCUT2D eigenvalue weighted by molar-refractivity contribution is -0.0228. The average Bonchev–Trinajstić information content (AvgIpc) is 3.16. The molecule has 1 aliphatic rings. The summed E-state index contributed by atoms with van der Waals surface area (Å²) in [6, 6.07) is 11.4. The van der Waals surface area contributed by atoms with Gasteiger partial charge in [-0.15, -0.1) is 0 Å². The SMILES string of the molecule is CN(Cc1cc(C(O)(c2ccccc2)C2CCCCC2)on1)C(=O)OC(C)(C)C. The number of aromatic nitrogens is 1. The third kappa shape index (κ3) is 4.99. The zero-order chi connectivity index (χ0) is 21.1. The highest BCUT2D eigenvalue weighted by molar-refractivity contribution is 5.67. The minimum atomic E-state index is -1.22. The molecule has 0 radical (unpaired) electrons. The summed E-state index contributed by atoms with van der Waals surface area (Å²) in [5.41, 5.74) is -0.389. The van der Waals surface area contributed by atoms with E-state index in [1.165, 1.54) is 11.3 Å². The maximum absolute atomic E-state index is 12.2. The van der Waals surface area contributed by atoms with E-state index in [2.05, 4.69) is 5.16 Å². The second kappa shape index (κ2) is 8.57. The fourth-order valence-corrected chi connectivity index (χ4v) is 4.01. The Bertz CT molecular complexity index is 806. The van der Waals surface area contributed by atoms with Gasteiger partial charge in [0.25, 0.3) is 0 Å². The quantitative estimate of drug-likeness (QED) is 0.776. The highest BCUT2D eigenvalue weighted by Gasteiger charge is 2.44. The monoisotopic (exact) mass is 400 g/mol. The van der Waals surface area contributed by atoms with Crippen LogP contribution in [0.25, 0.3) is 0 Å². The number of benzene rings is 1. The smallest absolute Gasteiger partial charge is 0.410 e. The molecule has 1 aromatic carbocycles. The number of amides is 1. The standard InChI is InChI=1S/C23H32N2O4/c1-22(2,3)28-21(26)25(4)16-19-15-20(29-24-19)23(27,17-11-7-5-8-12-17)18-13-9-6-10-14-18/h5,7-8,11-12,15,18,27H,6,9-10,13-14,16H2,1-4H3. The normalized spacial score (nSPS) is 17.6. The Kier molecular flexibility index (Phi) is 6.32. The Labute approximate surface area is 172 Å². The third-order valence-electron chi connectivity index (χ3n) is 5.45. The molecule has 0 spiro atoms. The van der Waals surface area contributed by atoms with Gasteiger partial charge in [0, 0.05) is 13.1 Å². The second-order valence-corrected chi connectivity index (χ2v) is 8.99. The maximum Gasteiger partial charge on any atom is 0.410 e. The molecule has 6 nitrogen and oxygen atoms in total. The molecule has 6 heteroatoms. The first-order valence-electron chi connectivity index (χ1n) is 10.4. The molecular formula is C23H32N2O4. The number of hydrogen-bond acceptors (Lipinski definition) is 5. The lowest BCUT2D eigenvalue weighted by Gasteiger charge is -2.37. The fraction of sp³-hybridized carbons (Fsp3) is 0.565. The van der Waals surface area contributed by atoms with E-state index in [1.54, 1.807) is 13.1 Å². The summed E-state index contributed by atoms with van der Waals surface area (Å²) in [6.45, 7) is 5.74. The number of nitrogens with zero attached hydrogens (tertiary/aromatic N) is 2. The number of aliphatic hydroxyl groups is 1. The van der Waals surface area contributed by atoms with E-state index in [-0.39, 0.29) is 12.5 Å². The van der Waals surface area contributed by atoms with Crippen LogP contribution in [0.15, 0.2) is 40.9 Å². The van der Waals surface area contributed by atoms with E-state index in [9.17, 15) is 9.90 Å². The van der Waals surface area contributed by atoms with E-state index >= 15 is 0 Å². The Morgan fingerprint density at radius 1 is 1.21 bits per heavy atom. The zero-order valence-corrected chi connectivity index (χ0v) is 17.9. The summed E-state index contributed by atoms with van der Waals surface area (Å²) < 4.78 is 11.0.